The summed E-state index contributed by atoms with van der Waals surface area (Å²) in [7, 11) is -3.80. The molecular formula is C22H22N2O4S. The van der Waals surface area contributed by atoms with Gasteiger partial charge in [-0.05, 0) is 49.4 Å². The number of para-hydroxylation sites is 2. The Labute approximate surface area is 170 Å². The molecule has 0 fully saturated rings. The van der Waals surface area contributed by atoms with E-state index in [1.807, 2.05) is 37.3 Å². The summed E-state index contributed by atoms with van der Waals surface area (Å²) in [6.07, 6.45) is 0. The number of amides is 1. The largest absolute Gasteiger partial charge is 0.491 e. The van der Waals surface area contributed by atoms with Crippen LogP contribution in [0, 0.1) is 0 Å². The maximum atomic E-state index is 12.6. The molecule has 1 unspecified atom stereocenters. The Bertz CT molecular complexity index is 1050. The minimum Gasteiger partial charge on any atom is -0.491 e. The minimum atomic E-state index is -3.80. The summed E-state index contributed by atoms with van der Waals surface area (Å²) < 4.78 is 33.3. The second-order valence-electron chi connectivity index (χ2n) is 6.50. The van der Waals surface area contributed by atoms with Crippen LogP contribution in [0.2, 0.25) is 0 Å². The maximum absolute atomic E-state index is 12.6. The van der Waals surface area contributed by atoms with Gasteiger partial charge in [-0.3, -0.25) is 9.52 Å². The second-order valence-corrected chi connectivity index (χ2v) is 8.18. The van der Waals surface area contributed by atoms with Crippen molar-refractivity contribution in [1.29, 1.82) is 0 Å². The highest BCUT2D eigenvalue weighted by molar-refractivity contribution is 7.92. The quantitative estimate of drug-likeness (QED) is 0.593. The van der Waals surface area contributed by atoms with E-state index in [1.54, 1.807) is 42.5 Å². The van der Waals surface area contributed by atoms with E-state index in [-0.39, 0.29) is 22.4 Å². The molecule has 150 valence electrons. The molecule has 0 aliphatic carbocycles. The van der Waals surface area contributed by atoms with E-state index in [4.69, 9.17) is 4.74 Å². The first-order chi connectivity index (χ1) is 13.9. The smallest absolute Gasteiger partial charge is 0.261 e. The maximum Gasteiger partial charge on any atom is 0.261 e. The van der Waals surface area contributed by atoms with E-state index in [1.165, 1.54) is 12.1 Å². The number of ether oxygens (including phenoxy) is 1. The summed E-state index contributed by atoms with van der Waals surface area (Å²) in [4.78, 5) is 12.5. The third-order valence-electron chi connectivity index (χ3n) is 4.05. The third kappa shape index (κ3) is 5.83. The van der Waals surface area contributed by atoms with E-state index in [0.29, 0.717) is 18.0 Å². The highest BCUT2D eigenvalue weighted by Crippen LogP contribution is 2.17. The lowest BCUT2D eigenvalue weighted by Crippen LogP contribution is -2.36. The zero-order valence-electron chi connectivity index (χ0n) is 15.9. The van der Waals surface area contributed by atoms with Gasteiger partial charge in [-0.2, -0.15) is 0 Å². The van der Waals surface area contributed by atoms with Crippen LogP contribution < -0.4 is 14.8 Å². The molecule has 3 rings (SSSR count). The van der Waals surface area contributed by atoms with Gasteiger partial charge in [0.1, 0.15) is 12.4 Å². The highest BCUT2D eigenvalue weighted by atomic mass is 32.2. The first-order valence-electron chi connectivity index (χ1n) is 9.11. The van der Waals surface area contributed by atoms with Crippen molar-refractivity contribution < 1.29 is 17.9 Å². The fourth-order valence-electron chi connectivity index (χ4n) is 2.61. The number of rotatable bonds is 8. The average molecular weight is 410 g/mol. The van der Waals surface area contributed by atoms with Crippen molar-refractivity contribution >= 4 is 21.6 Å². The van der Waals surface area contributed by atoms with Gasteiger partial charge in [0.15, 0.2) is 0 Å². The number of anilines is 1. The van der Waals surface area contributed by atoms with Crippen molar-refractivity contribution in [3.63, 3.8) is 0 Å². The zero-order chi connectivity index (χ0) is 20.7. The van der Waals surface area contributed by atoms with Crippen molar-refractivity contribution in [2.24, 2.45) is 0 Å². The van der Waals surface area contributed by atoms with Gasteiger partial charge in [-0.1, -0.05) is 42.5 Å². The van der Waals surface area contributed by atoms with Crippen molar-refractivity contribution in [1.82, 2.24) is 5.32 Å². The summed E-state index contributed by atoms with van der Waals surface area (Å²) in [6, 6.07) is 23.5. The van der Waals surface area contributed by atoms with Crippen LogP contribution in [0.25, 0.3) is 0 Å². The summed E-state index contributed by atoms with van der Waals surface area (Å²) in [5.41, 5.74) is 0.710. The predicted molar refractivity (Wildman–Crippen MR) is 113 cm³/mol. The number of hydrogen-bond acceptors (Lipinski definition) is 4. The van der Waals surface area contributed by atoms with Gasteiger partial charge in [0, 0.05) is 11.3 Å². The molecule has 0 aliphatic rings. The molecule has 2 N–H and O–H groups in total. The molecule has 1 amide bonds. The van der Waals surface area contributed by atoms with Gasteiger partial charge in [-0.25, -0.2) is 8.42 Å². The first-order valence-corrected chi connectivity index (χ1v) is 10.6. The molecule has 0 spiro atoms. The molecule has 0 saturated heterocycles. The molecule has 6 nitrogen and oxygen atoms in total. The molecule has 0 heterocycles. The third-order valence-corrected chi connectivity index (χ3v) is 5.43. The Balaban J connectivity index is 1.64. The summed E-state index contributed by atoms with van der Waals surface area (Å²) in [5, 5.41) is 2.82. The number of nitrogens with one attached hydrogen (secondary N) is 2. The number of sulfonamides is 1. The Hall–Kier alpha value is -3.32. The van der Waals surface area contributed by atoms with Crippen LogP contribution in [0.15, 0.2) is 89.8 Å². The molecule has 0 aliphatic heterocycles. The van der Waals surface area contributed by atoms with Crippen LogP contribution in [0.1, 0.15) is 17.3 Å². The van der Waals surface area contributed by atoms with Gasteiger partial charge in [0.2, 0.25) is 0 Å². The number of carbonyl (C=O) groups is 1. The van der Waals surface area contributed by atoms with Gasteiger partial charge in [0.25, 0.3) is 15.9 Å². The molecule has 0 aromatic heterocycles. The van der Waals surface area contributed by atoms with Crippen LogP contribution in [0.3, 0.4) is 0 Å². The average Bonchev–Trinajstić information content (AvgIpc) is 2.73. The molecule has 29 heavy (non-hydrogen) atoms. The van der Waals surface area contributed by atoms with Crippen molar-refractivity contribution in [2.45, 2.75) is 17.9 Å². The Morgan fingerprint density at radius 2 is 1.59 bits per heavy atom. The molecule has 0 saturated carbocycles. The van der Waals surface area contributed by atoms with E-state index in [0.717, 1.165) is 0 Å². The van der Waals surface area contributed by atoms with Crippen LogP contribution in [0.5, 0.6) is 5.75 Å². The second kappa shape index (κ2) is 9.25. The number of carbonyl (C=O) groups excluding carboxylic acids is 1. The Kier molecular flexibility index (Phi) is 6.51. The molecular weight excluding hydrogens is 388 g/mol. The standard InChI is InChI=1S/C22H22N2O4S/c1-17(16-28-20-12-6-3-7-13-20)23-22(25)18-9-8-14-21(15-18)29(26,27)24-19-10-4-2-5-11-19/h2-15,17,24H,16H2,1H3,(H,23,25). The lowest BCUT2D eigenvalue weighted by Gasteiger charge is -2.15. The van der Waals surface area contributed by atoms with E-state index >= 15 is 0 Å². The highest BCUT2D eigenvalue weighted by Gasteiger charge is 2.17. The SMILES string of the molecule is CC(COc1ccccc1)NC(=O)c1cccc(S(=O)(=O)Nc2ccccc2)c1. The van der Waals surface area contributed by atoms with E-state index < -0.39 is 10.0 Å². The first kappa shape index (κ1) is 20.4. The van der Waals surface area contributed by atoms with Crippen molar-refractivity contribution in [2.75, 3.05) is 11.3 Å². The molecule has 1 atom stereocenters. The van der Waals surface area contributed by atoms with Crippen molar-refractivity contribution in [3.05, 3.63) is 90.5 Å². The van der Waals surface area contributed by atoms with E-state index in [2.05, 4.69) is 10.0 Å². The Morgan fingerprint density at radius 3 is 2.28 bits per heavy atom. The Morgan fingerprint density at radius 1 is 0.931 bits per heavy atom. The normalized spacial score (nSPS) is 12.0. The van der Waals surface area contributed by atoms with Crippen LogP contribution in [-0.4, -0.2) is 27.0 Å². The number of hydrogen-bond donors (Lipinski definition) is 2. The van der Waals surface area contributed by atoms with E-state index in [9.17, 15) is 13.2 Å². The molecule has 0 radical (unpaired) electrons. The van der Waals surface area contributed by atoms with Gasteiger partial charge in [-0.15, -0.1) is 0 Å². The minimum absolute atomic E-state index is 0.0159. The fourth-order valence-corrected chi connectivity index (χ4v) is 3.72. The predicted octanol–water partition coefficient (Wildman–Crippen LogP) is 3.68. The van der Waals surface area contributed by atoms with Crippen LogP contribution >= 0.6 is 0 Å². The zero-order valence-corrected chi connectivity index (χ0v) is 16.7. The van der Waals surface area contributed by atoms with Crippen molar-refractivity contribution in [3.8, 4) is 5.75 Å². The van der Waals surface area contributed by atoms with Crippen LogP contribution in [0.4, 0.5) is 5.69 Å². The lowest BCUT2D eigenvalue weighted by atomic mass is 10.2. The molecule has 0 bridgehead atoms. The number of benzene rings is 3. The van der Waals surface area contributed by atoms with Gasteiger partial charge < -0.3 is 10.1 Å². The van der Waals surface area contributed by atoms with Gasteiger partial charge >= 0.3 is 0 Å². The fraction of sp³-hybridized carbons (Fsp3) is 0.136. The monoisotopic (exact) mass is 410 g/mol. The molecule has 3 aromatic carbocycles. The molecule has 3 aromatic rings. The van der Waals surface area contributed by atoms with Crippen LogP contribution in [-0.2, 0) is 10.0 Å². The topological polar surface area (TPSA) is 84.5 Å². The summed E-state index contributed by atoms with van der Waals surface area (Å²) in [6.45, 7) is 2.11. The molecule has 7 heteroatoms. The summed E-state index contributed by atoms with van der Waals surface area (Å²) >= 11 is 0. The lowest BCUT2D eigenvalue weighted by molar-refractivity contribution is 0.0926. The summed E-state index contributed by atoms with van der Waals surface area (Å²) in [5.74, 6) is 0.347. The van der Waals surface area contributed by atoms with Gasteiger partial charge in [0.05, 0.1) is 10.9 Å².